The molecule has 1 aliphatic heterocycles. The zero-order valence-corrected chi connectivity index (χ0v) is 16.1. The topological polar surface area (TPSA) is 33.7 Å². The maximum Gasteiger partial charge on any atom is 0.165 e. The molecule has 134 valence electrons. The van der Waals surface area contributed by atoms with Crippen LogP contribution in [0.5, 0.6) is 11.5 Å². The van der Waals surface area contributed by atoms with Crippen molar-refractivity contribution in [2.75, 3.05) is 40.4 Å². The summed E-state index contributed by atoms with van der Waals surface area (Å²) in [6.07, 6.45) is 1.15. The minimum Gasteiger partial charge on any atom is -0.493 e. The van der Waals surface area contributed by atoms with Gasteiger partial charge in [-0.2, -0.15) is 0 Å². The van der Waals surface area contributed by atoms with E-state index in [0.29, 0.717) is 12.0 Å². The highest BCUT2D eigenvalue weighted by Gasteiger charge is 2.29. The second kappa shape index (κ2) is 11.0. The van der Waals surface area contributed by atoms with Crippen molar-refractivity contribution in [3.63, 3.8) is 0 Å². The largest absolute Gasteiger partial charge is 0.493 e. The number of benzene rings is 1. The van der Waals surface area contributed by atoms with Gasteiger partial charge in [-0.1, -0.05) is 32.4 Å². The van der Waals surface area contributed by atoms with E-state index in [-0.39, 0.29) is 24.8 Å². The molecule has 2 rings (SSSR count). The van der Waals surface area contributed by atoms with Crippen molar-refractivity contribution < 1.29 is 9.47 Å². The fraction of sp³-hybridized carbons (Fsp3) is 0.647. The molecular weight excluding hydrogens is 335 g/mol. The van der Waals surface area contributed by atoms with Crippen molar-refractivity contribution in [3.8, 4) is 11.5 Å². The lowest BCUT2D eigenvalue weighted by atomic mass is 9.89. The Morgan fingerprint density at radius 2 is 1.78 bits per heavy atom. The van der Waals surface area contributed by atoms with E-state index in [0.717, 1.165) is 44.1 Å². The fourth-order valence-corrected chi connectivity index (χ4v) is 3.19. The summed E-state index contributed by atoms with van der Waals surface area (Å²) < 4.78 is 11.1. The van der Waals surface area contributed by atoms with E-state index >= 15 is 0 Å². The Labute approximate surface area is 152 Å². The molecule has 0 bridgehead atoms. The first-order chi connectivity index (χ1) is 10.2. The molecule has 1 aliphatic rings. The van der Waals surface area contributed by atoms with Crippen LogP contribution in [0.15, 0.2) is 18.2 Å². The third-order valence-corrected chi connectivity index (χ3v) is 4.48. The number of ether oxygens (including phenoxy) is 2. The third-order valence-electron chi connectivity index (χ3n) is 4.48. The normalized spacial score (nSPS) is 17.4. The second-order valence-corrected chi connectivity index (χ2v) is 5.70. The van der Waals surface area contributed by atoms with E-state index in [1.165, 1.54) is 5.56 Å². The van der Waals surface area contributed by atoms with Gasteiger partial charge in [-0.15, -0.1) is 24.8 Å². The molecule has 0 aromatic heterocycles. The number of methoxy groups -OCH3 is 2. The van der Waals surface area contributed by atoms with Gasteiger partial charge in [0.05, 0.1) is 14.2 Å². The van der Waals surface area contributed by atoms with Crippen molar-refractivity contribution >= 4 is 24.8 Å². The molecule has 1 saturated heterocycles. The van der Waals surface area contributed by atoms with Crippen molar-refractivity contribution in [2.24, 2.45) is 5.92 Å². The minimum absolute atomic E-state index is 0. The molecule has 1 N–H and O–H groups in total. The SMILES string of the molecule is CCC(C)[C@H](c1cccc(OC)c1OC)N1CCNCC1.Cl.Cl. The van der Waals surface area contributed by atoms with Gasteiger partial charge in [-0.25, -0.2) is 0 Å². The summed E-state index contributed by atoms with van der Waals surface area (Å²) in [7, 11) is 3.43. The average molecular weight is 365 g/mol. The standard InChI is InChI=1S/C17H28N2O2.2ClH/c1-5-13(2)16(19-11-9-18-10-12-19)14-7-6-8-15(20-3)17(14)21-4;;/h6-8,13,16,18H,5,9-12H2,1-4H3;2*1H/t13?,16-;;/m1../s1. The van der Waals surface area contributed by atoms with Crippen molar-refractivity contribution in [2.45, 2.75) is 26.3 Å². The maximum absolute atomic E-state index is 5.67. The Morgan fingerprint density at radius 1 is 1.13 bits per heavy atom. The molecular formula is C17H30Cl2N2O2. The Balaban J connectivity index is 0.00000242. The number of halogens is 2. The number of nitrogens with one attached hydrogen (secondary N) is 1. The monoisotopic (exact) mass is 364 g/mol. The van der Waals surface area contributed by atoms with Gasteiger partial charge in [-0.3, -0.25) is 4.90 Å². The summed E-state index contributed by atoms with van der Waals surface area (Å²) in [5, 5.41) is 3.43. The summed E-state index contributed by atoms with van der Waals surface area (Å²) >= 11 is 0. The number of hydrogen-bond donors (Lipinski definition) is 1. The Kier molecular flexibility index (Phi) is 10.7. The van der Waals surface area contributed by atoms with Crippen molar-refractivity contribution in [3.05, 3.63) is 23.8 Å². The first-order valence-corrected chi connectivity index (χ1v) is 7.88. The van der Waals surface area contributed by atoms with E-state index in [1.54, 1.807) is 14.2 Å². The molecule has 1 fully saturated rings. The van der Waals surface area contributed by atoms with E-state index in [9.17, 15) is 0 Å². The number of rotatable bonds is 6. The Morgan fingerprint density at radius 3 is 2.30 bits per heavy atom. The van der Waals surface area contributed by atoms with Gasteiger partial charge < -0.3 is 14.8 Å². The predicted molar refractivity (Wildman–Crippen MR) is 101 cm³/mol. The quantitative estimate of drug-likeness (QED) is 0.836. The predicted octanol–water partition coefficient (Wildman–Crippen LogP) is 3.54. The van der Waals surface area contributed by atoms with E-state index in [1.807, 2.05) is 6.07 Å². The maximum atomic E-state index is 5.67. The summed E-state index contributed by atoms with van der Waals surface area (Å²) in [6.45, 7) is 8.85. The van der Waals surface area contributed by atoms with Crippen molar-refractivity contribution in [1.82, 2.24) is 10.2 Å². The van der Waals surface area contributed by atoms with Gasteiger partial charge in [0.15, 0.2) is 11.5 Å². The number of para-hydroxylation sites is 1. The van der Waals surface area contributed by atoms with Crippen LogP contribution < -0.4 is 14.8 Å². The fourth-order valence-electron chi connectivity index (χ4n) is 3.19. The highest BCUT2D eigenvalue weighted by atomic mass is 35.5. The lowest BCUT2D eigenvalue weighted by Crippen LogP contribution is -2.46. The van der Waals surface area contributed by atoms with Crippen LogP contribution in [-0.4, -0.2) is 45.3 Å². The molecule has 0 aliphatic carbocycles. The van der Waals surface area contributed by atoms with E-state index < -0.39 is 0 Å². The van der Waals surface area contributed by atoms with Crippen LogP contribution in [0.3, 0.4) is 0 Å². The number of nitrogens with zero attached hydrogens (tertiary/aromatic N) is 1. The molecule has 0 spiro atoms. The summed E-state index contributed by atoms with van der Waals surface area (Å²) in [5.41, 5.74) is 1.24. The Hall–Kier alpha value is -0.680. The van der Waals surface area contributed by atoms with Crippen LogP contribution in [0.1, 0.15) is 31.9 Å². The van der Waals surface area contributed by atoms with Crippen LogP contribution in [-0.2, 0) is 0 Å². The van der Waals surface area contributed by atoms with Crippen LogP contribution in [0.4, 0.5) is 0 Å². The minimum atomic E-state index is 0. The first kappa shape index (κ1) is 22.3. The van der Waals surface area contributed by atoms with Gasteiger partial charge in [-0.05, 0) is 12.0 Å². The molecule has 4 nitrogen and oxygen atoms in total. The van der Waals surface area contributed by atoms with Gasteiger partial charge >= 0.3 is 0 Å². The van der Waals surface area contributed by atoms with Gasteiger partial charge in [0.25, 0.3) is 0 Å². The lowest BCUT2D eigenvalue weighted by molar-refractivity contribution is 0.125. The molecule has 23 heavy (non-hydrogen) atoms. The van der Waals surface area contributed by atoms with Crippen LogP contribution in [0, 0.1) is 5.92 Å². The van der Waals surface area contributed by atoms with E-state index in [2.05, 4.69) is 36.2 Å². The third kappa shape index (κ3) is 5.15. The van der Waals surface area contributed by atoms with Gasteiger partial charge in [0, 0.05) is 37.8 Å². The number of hydrogen-bond acceptors (Lipinski definition) is 4. The highest BCUT2D eigenvalue weighted by molar-refractivity contribution is 5.85. The summed E-state index contributed by atoms with van der Waals surface area (Å²) in [5.74, 6) is 2.27. The molecule has 1 aromatic carbocycles. The van der Waals surface area contributed by atoms with Crippen molar-refractivity contribution in [1.29, 1.82) is 0 Å². The molecule has 1 aromatic rings. The Bertz CT molecular complexity index is 454. The zero-order chi connectivity index (χ0) is 15.2. The lowest BCUT2D eigenvalue weighted by Gasteiger charge is -2.39. The van der Waals surface area contributed by atoms with Crippen LogP contribution >= 0.6 is 24.8 Å². The smallest absolute Gasteiger partial charge is 0.165 e. The molecule has 2 atom stereocenters. The second-order valence-electron chi connectivity index (χ2n) is 5.70. The summed E-state index contributed by atoms with van der Waals surface area (Å²) in [6, 6.07) is 6.59. The molecule has 6 heteroatoms. The van der Waals surface area contributed by atoms with Crippen LogP contribution in [0.25, 0.3) is 0 Å². The summed E-state index contributed by atoms with van der Waals surface area (Å²) in [4.78, 5) is 2.57. The highest BCUT2D eigenvalue weighted by Crippen LogP contribution is 2.41. The molecule has 0 saturated carbocycles. The van der Waals surface area contributed by atoms with Gasteiger partial charge in [0.1, 0.15) is 0 Å². The number of piperazine rings is 1. The molecule has 1 unspecified atom stereocenters. The average Bonchev–Trinajstić information content (AvgIpc) is 2.55. The van der Waals surface area contributed by atoms with E-state index in [4.69, 9.17) is 9.47 Å². The zero-order valence-electron chi connectivity index (χ0n) is 14.5. The molecule has 1 heterocycles. The molecule has 0 radical (unpaired) electrons. The first-order valence-electron chi connectivity index (χ1n) is 7.88. The van der Waals surface area contributed by atoms with Gasteiger partial charge in [0.2, 0.25) is 0 Å². The van der Waals surface area contributed by atoms with Crippen LogP contribution in [0.2, 0.25) is 0 Å². The molecule has 0 amide bonds.